The first kappa shape index (κ1) is 20.6. The van der Waals surface area contributed by atoms with Gasteiger partial charge in [-0.1, -0.05) is 18.2 Å². The fourth-order valence-corrected chi connectivity index (χ4v) is 4.72. The Morgan fingerprint density at radius 1 is 1.37 bits per heavy atom. The van der Waals surface area contributed by atoms with Crippen LogP contribution in [0.4, 0.5) is 9.52 Å². The van der Waals surface area contributed by atoms with Crippen LogP contribution in [0.25, 0.3) is 10.7 Å². The van der Waals surface area contributed by atoms with Crippen LogP contribution < -0.4 is 5.32 Å². The summed E-state index contributed by atoms with van der Waals surface area (Å²) in [7, 11) is 0. The van der Waals surface area contributed by atoms with E-state index in [2.05, 4.69) is 20.5 Å². The number of aryl methyl sites for hydroxylation is 1. The molecule has 0 unspecified atom stereocenters. The summed E-state index contributed by atoms with van der Waals surface area (Å²) in [6.45, 7) is 2.15. The molecule has 0 bridgehead atoms. The van der Waals surface area contributed by atoms with E-state index in [0.717, 1.165) is 21.1 Å². The molecular formula is C20H18FN5OS3. The van der Waals surface area contributed by atoms with Crippen molar-refractivity contribution >= 4 is 45.9 Å². The molecule has 0 fully saturated rings. The van der Waals surface area contributed by atoms with Crippen molar-refractivity contribution in [2.75, 3.05) is 5.32 Å². The van der Waals surface area contributed by atoms with Gasteiger partial charge in [0.2, 0.25) is 5.91 Å². The third kappa shape index (κ3) is 4.72. The molecule has 154 valence electrons. The number of rotatable bonds is 7. The first-order chi connectivity index (χ1) is 14.5. The van der Waals surface area contributed by atoms with E-state index in [1.807, 2.05) is 28.1 Å². The van der Waals surface area contributed by atoms with Crippen LogP contribution >= 0.6 is 34.9 Å². The molecule has 0 aliphatic heterocycles. The molecule has 3 heterocycles. The van der Waals surface area contributed by atoms with E-state index in [-0.39, 0.29) is 18.1 Å². The number of anilines is 1. The molecule has 0 saturated heterocycles. The number of nitrogens with one attached hydrogen (secondary N) is 2. The molecule has 1 amide bonds. The van der Waals surface area contributed by atoms with Gasteiger partial charge in [0, 0.05) is 30.5 Å². The molecule has 0 aliphatic rings. The molecule has 0 radical (unpaired) electrons. The van der Waals surface area contributed by atoms with E-state index in [1.54, 1.807) is 30.5 Å². The van der Waals surface area contributed by atoms with Crippen molar-refractivity contribution in [3.8, 4) is 10.7 Å². The molecule has 0 spiro atoms. The summed E-state index contributed by atoms with van der Waals surface area (Å²) in [5.41, 5.74) is 1.49. The second kappa shape index (κ2) is 8.99. The smallest absolute Gasteiger partial charge is 0.227 e. The molecular weight excluding hydrogens is 441 g/mol. The average molecular weight is 460 g/mol. The molecule has 4 rings (SSSR count). The van der Waals surface area contributed by atoms with Crippen LogP contribution in [0, 0.1) is 17.5 Å². The van der Waals surface area contributed by atoms with Crippen molar-refractivity contribution in [3.05, 3.63) is 68.5 Å². The van der Waals surface area contributed by atoms with Crippen LogP contribution in [-0.4, -0.2) is 25.7 Å². The predicted octanol–water partition coefficient (Wildman–Crippen LogP) is 5.19. The van der Waals surface area contributed by atoms with E-state index in [4.69, 9.17) is 12.2 Å². The zero-order valence-corrected chi connectivity index (χ0v) is 18.5. The SMILES string of the molecule is Cc1ccc(Cc2cnc(NC(=O)CCn3c(-c4cccs4)n[nH]c3=S)s2)cc1F. The molecule has 0 saturated carbocycles. The molecule has 3 aromatic heterocycles. The lowest BCUT2D eigenvalue weighted by Crippen LogP contribution is -2.14. The molecule has 4 aromatic rings. The number of hydrogen-bond donors (Lipinski definition) is 2. The number of hydrogen-bond acceptors (Lipinski definition) is 6. The van der Waals surface area contributed by atoms with Gasteiger partial charge < -0.3 is 5.32 Å². The third-order valence-electron chi connectivity index (χ3n) is 4.48. The lowest BCUT2D eigenvalue weighted by atomic mass is 10.1. The number of H-pyrrole nitrogens is 1. The number of carbonyl (C=O) groups is 1. The number of halogens is 1. The predicted molar refractivity (Wildman–Crippen MR) is 120 cm³/mol. The van der Waals surface area contributed by atoms with Gasteiger partial charge in [-0.15, -0.1) is 22.7 Å². The van der Waals surface area contributed by atoms with Crippen molar-refractivity contribution in [1.29, 1.82) is 0 Å². The maximum absolute atomic E-state index is 13.7. The Morgan fingerprint density at radius 2 is 2.23 bits per heavy atom. The Hall–Kier alpha value is -2.69. The monoisotopic (exact) mass is 459 g/mol. The van der Waals surface area contributed by atoms with Crippen LogP contribution in [0.3, 0.4) is 0 Å². The topological polar surface area (TPSA) is 75.6 Å². The Kier molecular flexibility index (Phi) is 6.16. The lowest BCUT2D eigenvalue weighted by molar-refractivity contribution is -0.116. The Balaban J connectivity index is 1.36. The molecule has 2 N–H and O–H groups in total. The van der Waals surface area contributed by atoms with Crippen LogP contribution in [0.1, 0.15) is 22.4 Å². The largest absolute Gasteiger partial charge is 0.302 e. The van der Waals surface area contributed by atoms with Crippen LogP contribution in [0.15, 0.2) is 41.9 Å². The van der Waals surface area contributed by atoms with Gasteiger partial charge in [0.25, 0.3) is 0 Å². The average Bonchev–Trinajstić information content (AvgIpc) is 3.45. The maximum atomic E-state index is 13.7. The number of benzene rings is 1. The minimum Gasteiger partial charge on any atom is -0.302 e. The Bertz CT molecular complexity index is 1230. The summed E-state index contributed by atoms with van der Waals surface area (Å²) < 4.78 is 16.0. The van der Waals surface area contributed by atoms with Gasteiger partial charge in [0.15, 0.2) is 15.7 Å². The Labute approximate surface area is 185 Å². The summed E-state index contributed by atoms with van der Waals surface area (Å²) in [6.07, 6.45) is 2.52. The summed E-state index contributed by atoms with van der Waals surface area (Å²) >= 11 is 8.24. The molecule has 0 atom stereocenters. The van der Waals surface area contributed by atoms with Crippen molar-refractivity contribution in [2.45, 2.75) is 26.3 Å². The minimum atomic E-state index is -0.217. The van der Waals surface area contributed by atoms with E-state index < -0.39 is 0 Å². The highest BCUT2D eigenvalue weighted by Crippen LogP contribution is 2.24. The van der Waals surface area contributed by atoms with Crippen LogP contribution in [0.5, 0.6) is 0 Å². The number of thiophene rings is 1. The summed E-state index contributed by atoms with van der Waals surface area (Å²) in [5, 5.41) is 12.4. The maximum Gasteiger partial charge on any atom is 0.227 e. The van der Waals surface area contributed by atoms with Gasteiger partial charge in [-0.05, 0) is 47.8 Å². The summed E-state index contributed by atoms with van der Waals surface area (Å²) in [6, 6.07) is 9.10. The van der Waals surface area contributed by atoms with E-state index >= 15 is 0 Å². The number of aromatic nitrogens is 4. The van der Waals surface area contributed by atoms with Crippen molar-refractivity contribution < 1.29 is 9.18 Å². The second-order valence-corrected chi connectivity index (χ2v) is 9.12. The number of aromatic amines is 1. The fraction of sp³-hybridized carbons (Fsp3) is 0.200. The first-order valence-electron chi connectivity index (χ1n) is 9.18. The minimum absolute atomic E-state index is 0.155. The van der Waals surface area contributed by atoms with Gasteiger partial charge in [0.1, 0.15) is 5.82 Å². The van der Waals surface area contributed by atoms with Crippen molar-refractivity contribution in [3.63, 3.8) is 0 Å². The normalized spacial score (nSPS) is 11.0. The van der Waals surface area contributed by atoms with E-state index in [1.165, 1.54) is 17.4 Å². The fourth-order valence-electron chi connectivity index (χ4n) is 2.91. The van der Waals surface area contributed by atoms with Gasteiger partial charge in [-0.3, -0.25) is 14.5 Å². The van der Waals surface area contributed by atoms with E-state index in [0.29, 0.717) is 28.4 Å². The lowest BCUT2D eigenvalue weighted by Gasteiger charge is -2.05. The third-order valence-corrected chi connectivity index (χ3v) is 6.57. The molecule has 10 heteroatoms. The number of amides is 1. The highest BCUT2D eigenvalue weighted by atomic mass is 32.1. The molecule has 0 aliphatic carbocycles. The highest BCUT2D eigenvalue weighted by Gasteiger charge is 2.13. The van der Waals surface area contributed by atoms with E-state index in [9.17, 15) is 9.18 Å². The molecule has 30 heavy (non-hydrogen) atoms. The summed E-state index contributed by atoms with van der Waals surface area (Å²) in [5.74, 6) is 0.354. The number of thiazole rings is 1. The zero-order chi connectivity index (χ0) is 21.1. The molecule has 1 aromatic carbocycles. The first-order valence-corrected chi connectivity index (χ1v) is 11.3. The number of nitrogens with zero attached hydrogens (tertiary/aromatic N) is 3. The number of carbonyl (C=O) groups excluding carboxylic acids is 1. The van der Waals surface area contributed by atoms with Gasteiger partial charge in [-0.25, -0.2) is 9.37 Å². The van der Waals surface area contributed by atoms with Crippen LogP contribution in [-0.2, 0) is 17.8 Å². The van der Waals surface area contributed by atoms with Gasteiger partial charge in [-0.2, -0.15) is 5.10 Å². The summed E-state index contributed by atoms with van der Waals surface area (Å²) in [4.78, 5) is 18.6. The van der Waals surface area contributed by atoms with Gasteiger partial charge in [0.05, 0.1) is 4.88 Å². The van der Waals surface area contributed by atoms with Crippen molar-refractivity contribution in [1.82, 2.24) is 19.7 Å². The second-order valence-electron chi connectivity index (χ2n) is 6.67. The zero-order valence-electron chi connectivity index (χ0n) is 16.0. The van der Waals surface area contributed by atoms with Crippen LogP contribution in [0.2, 0.25) is 0 Å². The molecule has 6 nitrogen and oxygen atoms in total. The quantitative estimate of drug-likeness (QED) is 0.373. The Morgan fingerprint density at radius 3 is 3.00 bits per heavy atom. The van der Waals surface area contributed by atoms with Gasteiger partial charge >= 0.3 is 0 Å². The standard InChI is InChI=1S/C20H18FN5OS3/c1-12-4-5-13(10-15(12)21)9-14-11-22-19(30-14)23-17(27)6-7-26-18(24-25-20(26)28)16-3-2-8-29-16/h2-5,8,10-11H,6-7,9H2,1H3,(H,25,28)(H,22,23,27). The highest BCUT2D eigenvalue weighted by molar-refractivity contribution is 7.71. The van der Waals surface area contributed by atoms with Crippen molar-refractivity contribution in [2.24, 2.45) is 0 Å².